The largest absolute Gasteiger partial charge is 0.357 e. The first-order valence-electron chi connectivity index (χ1n) is 7.32. The van der Waals surface area contributed by atoms with Gasteiger partial charge in [-0.3, -0.25) is 4.79 Å². The van der Waals surface area contributed by atoms with Crippen LogP contribution < -0.4 is 10.2 Å². The number of carbonyl (C=O) groups excluding carboxylic acids is 1. The average molecular weight is 408 g/mol. The van der Waals surface area contributed by atoms with Crippen molar-refractivity contribution < 1.29 is 4.79 Å². The van der Waals surface area contributed by atoms with Crippen LogP contribution in [0.5, 0.6) is 0 Å². The highest BCUT2D eigenvalue weighted by Crippen LogP contribution is 2.17. The summed E-state index contributed by atoms with van der Waals surface area (Å²) in [6.07, 6.45) is 3.82. The molecule has 0 aliphatic carbocycles. The van der Waals surface area contributed by atoms with Gasteiger partial charge in [-0.15, -0.1) is 0 Å². The van der Waals surface area contributed by atoms with Crippen LogP contribution >= 0.6 is 22.6 Å². The molecule has 22 heavy (non-hydrogen) atoms. The molecule has 1 aliphatic heterocycles. The summed E-state index contributed by atoms with van der Waals surface area (Å²) in [5, 5.41) is 2.90. The molecular weight excluding hydrogens is 391 g/mol. The second-order valence-electron chi connectivity index (χ2n) is 5.26. The number of aromatic nitrogens is 2. The maximum Gasteiger partial charge on any atom is 0.270 e. The molecule has 6 heteroatoms. The van der Waals surface area contributed by atoms with E-state index in [0.29, 0.717) is 12.2 Å². The summed E-state index contributed by atoms with van der Waals surface area (Å²) in [5.41, 5.74) is 1.49. The van der Waals surface area contributed by atoms with E-state index in [0.717, 1.165) is 24.5 Å². The molecule has 1 fully saturated rings. The third-order valence-corrected chi connectivity index (χ3v) is 4.40. The molecule has 1 aromatic carbocycles. The van der Waals surface area contributed by atoms with Crippen molar-refractivity contribution in [2.24, 2.45) is 0 Å². The first-order valence-corrected chi connectivity index (χ1v) is 8.40. The Bertz CT molecular complexity index is 653. The van der Waals surface area contributed by atoms with Gasteiger partial charge in [0.15, 0.2) is 0 Å². The normalized spacial score (nSPS) is 14.1. The smallest absolute Gasteiger partial charge is 0.270 e. The van der Waals surface area contributed by atoms with Crippen molar-refractivity contribution in [1.82, 2.24) is 15.3 Å². The van der Waals surface area contributed by atoms with Gasteiger partial charge >= 0.3 is 0 Å². The Kier molecular flexibility index (Phi) is 4.87. The second-order valence-corrected chi connectivity index (χ2v) is 6.51. The van der Waals surface area contributed by atoms with Crippen LogP contribution in [0.25, 0.3) is 0 Å². The Labute approximate surface area is 143 Å². The third kappa shape index (κ3) is 3.73. The van der Waals surface area contributed by atoms with Crippen molar-refractivity contribution in [3.8, 4) is 0 Å². The van der Waals surface area contributed by atoms with Gasteiger partial charge in [-0.05, 0) is 53.1 Å². The van der Waals surface area contributed by atoms with Crippen LogP contribution in [0.15, 0.2) is 36.7 Å². The Morgan fingerprint density at radius 3 is 2.64 bits per heavy atom. The molecule has 5 nitrogen and oxygen atoms in total. The number of benzene rings is 1. The van der Waals surface area contributed by atoms with Crippen molar-refractivity contribution in [2.75, 3.05) is 18.0 Å². The van der Waals surface area contributed by atoms with E-state index in [1.807, 2.05) is 24.3 Å². The Morgan fingerprint density at radius 2 is 1.91 bits per heavy atom. The van der Waals surface area contributed by atoms with Gasteiger partial charge in [0.25, 0.3) is 5.91 Å². The first-order chi connectivity index (χ1) is 10.7. The number of hydrogen-bond donors (Lipinski definition) is 1. The number of amides is 1. The summed E-state index contributed by atoms with van der Waals surface area (Å²) in [4.78, 5) is 22.8. The molecule has 0 unspecified atom stereocenters. The lowest BCUT2D eigenvalue weighted by atomic mass is 10.2. The van der Waals surface area contributed by atoms with Gasteiger partial charge in [-0.2, -0.15) is 0 Å². The minimum absolute atomic E-state index is 0.165. The van der Waals surface area contributed by atoms with Crippen LogP contribution in [0.3, 0.4) is 0 Å². The molecule has 0 atom stereocenters. The molecule has 0 spiro atoms. The number of carbonyl (C=O) groups is 1. The molecule has 0 saturated carbocycles. The van der Waals surface area contributed by atoms with Crippen molar-refractivity contribution in [2.45, 2.75) is 19.4 Å². The lowest BCUT2D eigenvalue weighted by Crippen LogP contribution is -2.25. The van der Waals surface area contributed by atoms with Gasteiger partial charge in [0.1, 0.15) is 17.8 Å². The van der Waals surface area contributed by atoms with Crippen LogP contribution in [-0.2, 0) is 6.54 Å². The molecule has 1 saturated heterocycles. The second kappa shape index (κ2) is 7.04. The molecule has 1 aromatic heterocycles. The fourth-order valence-corrected chi connectivity index (χ4v) is 2.83. The number of nitrogens with zero attached hydrogens (tertiary/aromatic N) is 3. The van der Waals surface area contributed by atoms with Crippen LogP contribution in [0.2, 0.25) is 0 Å². The van der Waals surface area contributed by atoms with Gasteiger partial charge in [-0.1, -0.05) is 12.1 Å². The molecule has 0 bridgehead atoms. The predicted octanol–water partition coefficient (Wildman–Crippen LogP) is 2.61. The van der Waals surface area contributed by atoms with Gasteiger partial charge in [0.05, 0.1) is 0 Å². The summed E-state index contributed by atoms with van der Waals surface area (Å²) >= 11 is 2.26. The van der Waals surface area contributed by atoms with Crippen molar-refractivity contribution in [3.63, 3.8) is 0 Å². The van der Waals surface area contributed by atoms with Crippen LogP contribution in [0.4, 0.5) is 5.82 Å². The number of anilines is 1. The summed E-state index contributed by atoms with van der Waals surface area (Å²) in [7, 11) is 0. The van der Waals surface area contributed by atoms with Gasteiger partial charge in [0, 0.05) is 29.3 Å². The van der Waals surface area contributed by atoms with E-state index in [2.05, 4.69) is 42.8 Å². The quantitative estimate of drug-likeness (QED) is 0.791. The highest BCUT2D eigenvalue weighted by Gasteiger charge is 2.16. The third-order valence-electron chi connectivity index (χ3n) is 3.68. The van der Waals surface area contributed by atoms with Crippen molar-refractivity contribution in [1.29, 1.82) is 0 Å². The standard InChI is InChI=1S/C16H17IN4O/c17-13-5-3-12(4-6-13)10-18-16(22)14-9-15(20-11-19-14)21-7-1-2-8-21/h3-6,9,11H,1-2,7-8,10H2,(H,18,22). The molecule has 0 radical (unpaired) electrons. The van der Waals surface area contributed by atoms with E-state index >= 15 is 0 Å². The maximum absolute atomic E-state index is 12.2. The fraction of sp³-hybridized carbons (Fsp3) is 0.312. The van der Waals surface area contributed by atoms with Crippen molar-refractivity contribution >= 4 is 34.3 Å². The van der Waals surface area contributed by atoms with E-state index in [1.54, 1.807) is 6.07 Å². The summed E-state index contributed by atoms with van der Waals surface area (Å²) in [6.45, 7) is 2.50. The van der Waals surface area contributed by atoms with Crippen molar-refractivity contribution in [3.05, 3.63) is 51.5 Å². The number of nitrogens with one attached hydrogen (secondary N) is 1. The zero-order chi connectivity index (χ0) is 15.4. The summed E-state index contributed by atoms with van der Waals surface area (Å²) < 4.78 is 1.18. The molecule has 1 N–H and O–H groups in total. The van der Waals surface area contributed by atoms with E-state index in [4.69, 9.17) is 0 Å². The SMILES string of the molecule is O=C(NCc1ccc(I)cc1)c1cc(N2CCCC2)ncn1. The van der Waals surface area contributed by atoms with E-state index < -0.39 is 0 Å². The zero-order valence-electron chi connectivity index (χ0n) is 12.1. The number of rotatable bonds is 4. The zero-order valence-corrected chi connectivity index (χ0v) is 14.3. The summed E-state index contributed by atoms with van der Waals surface area (Å²) in [5.74, 6) is 0.674. The monoisotopic (exact) mass is 408 g/mol. The highest BCUT2D eigenvalue weighted by molar-refractivity contribution is 14.1. The first kappa shape index (κ1) is 15.2. The lowest BCUT2D eigenvalue weighted by Gasteiger charge is -2.16. The molecule has 2 aromatic rings. The Balaban J connectivity index is 1.64. The Morgan fingerprint density at radius 1 is 1.18 bits per heavy atom. The van der Waals surface area contributed by atoms with Gasteiger partial charge in [-0.25, -0.2) is 9.97 Å². The summed E-state index contributed by atoms with van der Waals surface area (Å²) in [6, 6.07) is 9.85. The topological polar surface area (TPSA) is 58.1 Å². The van der Waals surface area contributed by atoms with E-state index in [9.17, 15) is 4.79 Å². The van der Waals surface area contributed by atoms with Crippen LogP contribution in [0, 0.1) is 3.57 Å². The molecule has 114 valence electrons. The molecule has 3 rings (SSSR count). The number of hydrogen-bond acceptors (Lipinski definition) is 4. The van der Waals surface area contributed by atoms with E-state index in [1.165, 1.54) is 22.7 Å². The molecule has 1 aliphatic rings. The minimum atomic E-state index is -0.165. The molecule has 1 amide bonds. The number of halogens is 1. The molecule has 2 heterocycles. The van der Waals surface area contributed by atoms with Crippen LogP contribution in [-0.4, -0.2) is 29.0 Å². The fourth-order valence-electron chi connectivity index (χ4n) is 2.47. The minimum Gasteiger partial charge on any atom is -0.357 e. The van der Waals surface area contributed by atoms with Gasteiger partial charge < -0.3 is 10.2 Å². The van der Waals surface area contributed by atoms with E-state index in [-0.39, 0.29) is 5.91 Å². The predicted molar refractivity (Wildman–Crippen MR) is 93.8 cm³/mol. The van der Waals surface area contributed by atoms with Crippen LogP contribution in [0.1, 0.15) is 28.9 Å². The average Bonchev–Trinajstić information content (AvgIpc) is 3.09. The van der Waals surface area contributed by atoms with Gasteiger partial charge in [0.2, 0.25) is 0 Å². The lowest BCUT2D eigenvalue weighted by molar-refractivity contribution is 0.0946. The molecular formula is C16H17IN4O. The highest BCUT2D eigenvalue weighted by atomic mass is 127. The maximum atomic E-state index is 12.2. The Hall–Kier alpha value is -1.70.